The van der Waals surface area contributed by atoms with E-state index >= 15 is 0 Å². The molecule has 1 N–H and O–H groups in total. The second-order valence-corrected chi connectivity index (χ2v) is 5.94. The first-order valence-corrected chi connectivity index (χ1v) is 8.24. The lowest BCUT2D eigenvalue weighted by molar-refractivity contribution is 0.282. The summed E-state index contributed by atoms with van der Waals surface area (Å²) < 4.78 is 19.2. The molecule has 3 aromatic carbocycles. The smallest absolute Gasteiger partial charge is 0.128 e. The zero-order valence-corrected chi connectivity index (χ0v) is 14.6. The van der Waals surface area contributed by atoms with Crippen LogP contribution in [0.1, 0.15) is 11.1 Å². The van der Waals surface area contributed by atoms with E-state index < -0.39 is 0 Å². The minimum absolute atomic E-state index is 0.140. The molecular formula is C20H18BrFO2. The van der Waals surface area contributed by atoms with Crippen LogP contribution in [0.3, 0.4) is 0 Å². The fraction of sp³-hybridized carbons (Fsp3) is 0.100. The topological polar surface area (TPSA) is 29.5 Å². The Bertz CT molecular complexity index is 713. The lowest BCUT2D eigenvalue weighted by atomic mass is 10.2. The van der Waals surface area contributed by atoms with Crippen LogP contribution < -0.4 is 4.74 Å². The normalized spacial score (nSPS) is 9.79. The summed E-state index contributed by atoms with van der Waals surface area (Å²) in [5.41, 5.74) is 2.02. The lowest BCUT2D eigenvalue weighted by Crippen LogP contribution is -1.95. The fourth-order valence-corrected chi connectivity index (χ4v) is 2.38. The van der Waals surface area contributed by atoms with Crippen LogP contribution >= 0.6 is 15.9 Å². The van der Waals surface area contributed by atoms with E-state index in [0.29, 0.717) is 16.8 Å². The maximum atomic E-state index is 13.0. The van der Waals surface area contributed by atoms with Gasteiger partial charge < -0.3 is 9.84 Å². The van der Waals surface area contributed by atoms with Crippen LogP contribution in [-0.2, 0) is 13.2 Å². The molecule has 124 valence electrons. The first-order chi connectivity index (χ1) is 11.7. The minimum atomic E-state index is -0.308. The van der Waals surface area contributed by atoms with Gasteiger partial charge in [-0.3, -0.25) is 0 Å². The molecule has 0 radical (unpaired) electrons. The van der Waals surface area contributed by atoms with Crippen LogP contribution in [0.15, 0.2) is 83.3 Å². The average Bonchev–Trinajstić information content (AvgIpc) is 2.61. The second kappa shape index (κ2) is 9.85. The Morgan fingerprint density at radius 2 is 1.42 bits per heavy atom. The summed E-state index contributed by atoms with van der Waals surface area (Å²) >= 11 is 3.22. The highest BCUT2D eigenvalue weighted by atomic mass is 79.9. The summed E-state index contributed by atoms with van der Waals surface area (Å²) in [4.78, 5) is 0. The minimum Gasteiger partial charge on any atom is -0.489 e. The zero-order valence-electron chi connectivity index (χ0n) is 13.0. The Balaban J connectivity index is 0.000000219. The van der Waals surface area contributed by atoms with Gasteiger partial charge in [-0.25, -0.2) is 4.39 Å². The third-order valence-corrected chi connectivity index (χ3v) is 3.57. The number of halogens is 2. The van der Waals surface area contributed by atoms with E-state index in [4.69, 9.17) is 9.84 Å². The highest BCUT2D eigenvalue weighted by Gasteiger charge is 2.00. The Hall–Kier alpha value is -2.17. The van der Waals surface area contributed by atoms with E-state index in [9.17, 15) is 4.39 Å². The van der Waals surface area contributed by atoms with Crippen molar-refractivity contribution in [2.24, 2.45) is 0 Å². The van der Waals surface area contributed by atoms with E-state index in [-0.39, 0.29) is 12.4 Å². The average molecular weight is 389 g/mol. The molecule has 4 heteroatoms. The zero-order chi connectivity index (χ0) is 17.2. The van der Waals surface area contributed by atoms with Crippen molar-refractivity contribution in [1.29, 1.82) is 0 Å². The van der Waals surface area contributed by atoms with Crippen LogP contribution in [-0.4, -0.2) is 5.11 Å². The highest BCUT2D eigenvalue weighted by Crippen LogP contribution is 2.21. The van der Waals surface area contributed by atoms with Crippen LogP contribution in [0.2, 0.25) is 0 Å². The number of hydrogen-bond donors (Lipinski definition) is 1. The van der Waals surface area contributed by atoms with Crippen LogP contribution in [0, 0.1) is 5.82 Å². The molecule has 0 unspecified atom stereocenters. The van der Waals surface area contributed by atoms with Crippen LogP contribution in [0.4, 0.5) is 4.39 Å². The van der Waals surface area contributed by atoms with Crippen LogP contribution in [0.5, 0.6) is 5.75 Å². The number of rotatable bonds is 4. The molecule has 24 heavy (non-hydrogen) atoms. The largest absolute Gasteiger partial charge is 0.489 e. The van der Waals surface area contributed by atoms with Crippen molar-refractivity contribution in [2.45, 2.75) is 13.2 Å². The highest BCUT2D eigenvalue weighted by molar-refractivity contribution is 9.10. The maximum absolute atomic E-state index is 13.0. The van der Waals surface area contributed by atoms with Crippen molar-refractivity contribution < 1.29 is 14.2 Å². The van der Waals surface area contributed by atoms with Crippen molar-refractivity contribution in [3.63, 3.8) is 0 Å². The van der Waals surface area contributed by atoms with Crippen molar-refractivity contribution in [3.05, 3.63) is 100 Å². The number of ether oxygens (including phenoxy) is 1. The van der Waals surface area contributed by atoms with E-state index in [2.05, 4.69) is 15.9 Å². The summed E-state index contributed by atoms with van der Waals surface area (Å²) in [6.45, 7) is 0.581. The summed E-state index contributed by atoms with van der Waals surface area (Å²) in [5, 5.41) is 8.54. The van der Waals surface area contributed by atoms with Crippen molar-refractivity contribution in [3.8, 4) is 5.75 Å². The molecule has 0 aliphatic heterocycles. The Kier molecular flexibility index (Phi) is 7.46. The quantitative estimate of drug-likeness (QED) is 0.652. The molecule has 0 bridgehead atoms. The predicted octanol–water partition coefficient (Wildman–Crippen LogP) is 5.35. The molecule has 0 saturated carbocycles. The number of aliphatic hydroxyl groups excluding tert-OH is 1. The van der Waals surface area contributed by atoms with E-state index in [0.717, 1.165) is 11.1 Å². The molecule has 0 amide bonds. The van der Waals surface area contributed by atoms with Crippen molar-refractivity contribution >= 4 is 15.9 Å². The first-order valence-electron chi connectivity index (χ1n) is 7.45. The summed E-state index contributed by atoms with van der Waals surface area (Å²) in [6.07, 6.45) is 0. The summed E-state index contributed by atoms with van der Waals surface area (Å²) in [7, 11) is 0. The molecule has 0 fully saturated rings. The predicted molar refractivity (Wildman–Crippen MR) is 97.2 cm³/mol. The number of benzene rings is 3. The second-order valence-electron chi connectivity index (χ2n) is 5.02. The molecule has 0 aliphatic rings. The Labute approximate surface area is 149 Å². The van der Waals surface area contributed by atoms with Crippen molar-refractivity contribution in [1.82, 2.24) is 0 Å². The van der Waals surface area contributed by atoms with Gasteiger partial charge in [0.1, 0.15) is 18.2 Å². The van der Waals surface area contributed by atoms with E-state index in [1.54, 1.807) is 6.07 Å². The van der Waals surface area contributed by atoms with Gasteiger partial charge in [0.2, 0.25) is 0 Å². The van der Waals surface area contributed by atoms with Gasteiger partial charge in [-0.1, -0.05) is 76.6 Å². The molecule has 0 spiro atoms. The third-order valence-electron chi connectivity index (χ3n) is 3.11. The molecule has 2 nitrogen and oxygen atoms in total. The van der Waals surface area contributed by atoms with Gasteiger partial charge in [0.05, 0.1) is 6.61 Å². The summed E-state index contributed by atoms with van der Waals surface area (Å²) in [5.74, 6) is 0.216. The molecule has 0 saturated heterocycles. The van der Waals surface area contributed by atoms with Crippen molar-refractivity contribution in [2.75, 3.05) is 0 Å². The van der Waals surface area contributed by atoms with Gasteiger partial charge in [0.15, 0.2) is 0 Å². The van der Waals surface area contributed by atoms with Gasteiger partial charge >= 0.3 is 0 Å². The molecule has 3 aromatic rings. The third kappa shape index (κ3) is 6.52. The van der Waals surface area contributed by atoms with E-state index in [1.165, 1.54) is 12.1 Å². The Morgan fingerprint density at radius 1 is 0.833 bits per heavy atom. The van der Waals surface area contributed by atoms with Gasteiger partial charge in [0.25, 0.3) is 0 Å². The SMILES string of the molecule is Fc1cc(Br)cc(OCc2ccccc2)c1.OCc1ccccc1. The fourth-order valence-electron chi connectivity index (χ4n) is 1.94. The van der Waals surface area contributed by atoms with Gasteiger partial charge in [-0.2, -0.15) is 0 Å². The molecule has 3 rings (SSSR count). The number of aliphatic hydroxyl groups is 1. The van der Waals surface area contributed by atoms with Gasteiger partial charge in [-0.05, 0) is 23.3 Å². The molecule has 0 aromatic heterocycles. The standard InChI is InChI=1S/C13H10BrFO.C7H8O/c14-11-6-12(15)8-13(7-11)16-9-10-4-2-1-3-5-10;8-6-7-4-2-1-3-5-7/h1-8H,9H2;1-5,8H,6H2. The van der Waals surface area contributed by atoms with Crippen LogP contribution in [0.25, 0.3) is 0 Å². The molecule has 0 atom stereocenters. The summed E-state index contributed by atoms with van der Waals surface area (Å²) in [6, 6.07) is 23.8. The van der Waals surface area contributed by atoms with Gasteiger partial charge in [0, 0.05) is 10.5 Å². The monoisotopic (exact) mass is 388 g/mol. The molecule has 0 aliphatic carbocycles. The molecule has 0 heterocycles. The Morgan fingerprint density at radius 3 is 1.92 bits per heavy atom. The maximum Gasteiger partial charge on any atom is 0.128 e. The molecular weight excluding hydrogens is 371 g/mol. The first kappa shape index (κ1) is 18.2. The van der Waals surface area contributed by atoms with E-state index in [1.807, 2.05) is 60.7 Å². The number of hydrogen-bond acceptors (Lipinski definition) is 2. The van der Waals surface area contributed by atoms with Gasteiger partial charge in [-0.15, -0.1) is 0 Å². The lowest BCUT2D eigenvalue weighted by Gasteiger charge is -2.06.